The van der Waals surface area contributed by atoms with E-state index < -0.39 is 0 Å². The Balaban J connectivity index is 2.17. The van der Waals surface area contributed by atoms with E-state index in [1.807, 2.05) is 0 Å². The third-order valence-corrected chi connectivity index (χ3v) is 2.40. The first-order valence-electron chi connectivity index (χ1n) is 4.77. The summed E-state index contributed by atoms with van der Waals surface area (Å²) in [4.78, 5) is 15.6. The van der Waals surface area contributed by atoms with E-state index in [1.165, 1.54) is 12.3 Å². The van der Waals surface area contributed by atoms with Crippen LogP contribution in [0.1, 0.15) is 10.4 Å². The quantitative estimate of drug-likeness (QED) is 0.842. The monoisotopic (exact) mass is 251 g/mol. The van der Waals surface area contributed by atoms with Crippen LogP contribution < -0.4 is 11.1 Å². The molecule has 7 heteroatoms. The first-order valence-corrected chi connectivity index (χ1v) is 5.15. The number of hydrogen-bond donors (Lipinski definition) is 2. The van der Waals surface area contributed by atoms with E-state index in [0.717, 1.165) is 0 Å². The number of nitrogens with zero attached hydrogens (tertiary/aromatic N) is 3. The van der Waals surface area contributed by atoms with Gasteiger partial charge in [-0.25, -0.2) is 4.98 Å². The molecule has 17 heavy (non-hydrogen) atoms. The van der Waals surface area contributed by atoms with E-state index in [4.69, 9.17) is 17.3 Å². The second kappa shape index (κ2) is 4.42. The molecular weight excluding hydrogens is 242 g/mol. The highest BCUT2D eigenvalue weighted by Crippen LogP contribution is 2.17. The molecule has 0 bridgehead atoms. The molecule has 0 saturated carbocycles. The summed E-state index contributed by atoms with van der Waals surface area (Å²) in [6, 6.07) is 1.47. The van der Waals surface area contributed by atoms with E-state index in [2.05, 4.69) is 15.4 Å². The van der Waals surface area contributed by atoms with Gasteiger partial charge in [0.1, 0.15) is 5.82 Å². The van der Waals surface area contributed by atoms with Gasteiger partial charge in [0.2, 0.25) is 0 Å². The summed E-state index contributed by atoms with van der Waals surface area (Å²) in [5, 5.41) is 6.85. The topological polar surface area (TPSA) is 85.8 Å². The van der Waals surface area contributed by atoms with Gasteiger partial charge in [-0.15, -0.1) is 0 Å². The molecule has 2 rings (SSSR count). The zero-order chi connectivity index (χ0) is 12.4. The van der Waals surface area contributed by atoms with Crippen molar-refractivity contribution >= 4 is 29.0 Å². The summed E-state index contributed by atoms with van der Waals surface area (Å²) < 4.78 is 1.59. The molecule has 0 fully saturated rings. The van der Waals surface area contributed by atoms with Crippen molar-refractivity contribution in [1.82, 2.24) is 14.8 Å². The molecule has 1 amide bonds. The van der Waals surface area contributed by atoms with Crippen molar-refractivity contribution in [1.29, 1.82) is 0 Å². The standard InChI is InChI=1S/C10H10ClN5O/c1-16-5-7(4-14-16)15-10(17)6-2-8(11)9(12)13-3-6/h2-5H,1H3,(H2,12,13)(H,15,17). The number of halogens is 1. The van der Waals surface area contributed by atoms with Gasteiger partial charge in [0.25, 0.3) is 5.91 Å². The number of pyridine rings is 1. The van der Waals surface area contributed by atoms with E-state index in [9.17, 15) is 4.79 Å². The number of aromatic nitrogens is 3. The normalized spacial score (nSPS) is 10.2. The number of carbonyl (C=O) groups excluding carboxylic acids is 1. The third kappa shape index (κ3) is 2.54. The highest BCUT2D eigenvalue weighted by atomic mass is 35.5. The molecule has 0 atom stereocenters. The maximum atomic E-state index is 11.8. The van der Waals surface area contributed by atoms with Crippen LogP contribution in [0, 0.1) is 0 Å². The van der Waals surface area contributed by atoms with Crippen LogP contribution in [0.2, 0.25) is 5.02 Å². The Labute approximate surface area is 102 Å². The molecule has 2 aromatic rings. The van der Waals surface area contributed by atoms with Gasteiger partial charge in [-0.3, -0.25) is 9.48 Å². The molecule has 0 aliphatic rings. The molecule has 0 radical (unpaired) electrons. The van der Waals surface area contributed by atoms with Gasteiger partial charge in [0, 0.05) is 19.4 Å². The number of anilines is 2. The average Bonchev–Trinajstić information content (AvgIpc) is 2.68. The predicted molar refractivity (Wildman–Crippen MR) is 64.8 cm³/mol. The molecule has 0 aliphatic carbocycles. The summed E-state index contributed by atoms with van der Waals surface area (Å²) in [5.41, 5.74) is 6.40. The van der Waals surface area contributed by atoms with E-state index in [0.29, 0.717) is 11.3 Å². The Bertz CT molecular complexity index is 566. The third-order valence-electron chi connectivity index (χ3n) is 2.09. The lowest BCUT2D eigenvalue weighted by Gasteiger charge is -2.03. The number of nitrogens with one attached hydrogen (secondary N) is 1. The van der Waals surface area contributed by atoms with Gasteiger partial charge in [-0.2, -0.15) is 5.10 Å². The highest BCUT2D eigenvalue weighted by molar-refractivity contribution is 6.33. The fourth-order valence-corrected chi connectivity index (χ4v) is 1.43. The van der Waals surface area contributed by atoms with Gasteiger partial charge in [-0.1, -0.05) is 11.6 Å². The van der Waals surface area contributed by atoms with Crippen LogP contribution in [0.3, 0.4) is 0 Å². The van der Waals surface area contributed by atoms with E-state index >= 15 is 0 Å². The molecule has 0 aliphatic heterocycles. The molecule has 2 aromatic heterocycles. The van der Waals surface area contributed by atoms with Crippen molar-refractivity contribution in [2.24, 2.45) is 7.05 Å². The molecule has 88 valence electrons. The lowest BCUT2D eigenvalue weighted by molar-refractivity contribution is 0.102. The summed E-state index contributed by atoms with van der Waals surface area (Å²) in [7, 11) is 1.76. The Morgan fingerprint density at radius 2 is 2.29 bits per heavy atom. The highest BCUT2D eigenvalue weighted by Gasteiger charge is 2.09. The van der Waals surface area contributed by atoms with Crippen molar-refractivity contribution in [2.45, 2.75) is 0 Å². The van der Waals surface area contributed by atoms with Crippen molar-refractivity contribution < 1.29 is 4.79 Å². The molecule has 6 nitrogen and oxygen atoms in total. The fourth-order valence-electron chi connectivity index (χ4n) is 1.26. The zero-order valence-electron chi connectivity index (χ0n) is 9.01. The van der Waals surface area contributed by atoms with Crippen LogP contribution >= 0.6 is 11.6 Å². The molecule has 0 unspecified atom stereocenters. The number of rotatable bonds is 2. The van der Waals surface area contributed by atoms with Gasteiger partial charge >= 0.3 is 0 Å². The minimum Gasteiger partial charge on any atom is -0.382 e. The number of nitrogens with two attached hydrogens (primary N) is 1. The lowest BCUT2D eigenvalue weighted by atomic mass is 10.2. The predicted octanol–water partition coefficient (Wildman–Crippen LogP) is 1.30. The van der Waals surface area contributed by atoms with Crippen molar-refractivity contribution in [3.05, 3.63) is 35.2 Å². The first kappa shape index (κ1) is 11.4. The van der Waals surface area contributed by atoms with Crippen LogP contribution in [0.15, 0.2) is 24.7 Å². The minimum absolute atomic E-state index is 0.199. The first-order chi connectivity index (χ1) is 8.06. The van der Waals surface area contributed by atoms with Crippen LogP contribution in [-0.4, -0.2) is 20.7 Å². The van der Waals surface area contributed by atoms with Crippen LogP contribution in [0.25, 0.3) is 0 Å². The van der Waals surface area contributed by atoms with Crippen molar-refractivity contribution in [3.63, 3.8) is 0 Å². The number of amides is 1. The number of aryl methyl sites for hydroxylation is 1. The van der Waals surface area contributed by atoms with E-state index in [1.54, 1.807) is 24.1 Å². The zero-order valence-corrected chi connectivity index (χ0v) is 9.77. The Hall–Kier alpha value is -2.08. The van der Waals surface area contributed by atoms with Gasteiger partial charge in [-0.05, 0) is 6.07 Å². The summed E-state index contributed by atoms with van der Waals surface area (Å²) >= 11 is 5.78. The smallest absolute Gasteiger partial charge is 0.257 e. The second-order valence-corrected chi connectivity index (χ2v) is 3.86. The van der Waals surface area contributed by atoms with Crippen molar-refractivity contribution in [2.75, 3.05) is 11.1 Å². The van der Waals surface area contributed by atoms with Crippen LogP contribution in [0.5, 0.6) is 0 Å². The number of nitrogen functional groups attached to an aromatic ring is 1. The Kier molecular flexibility index (Phi) is 2.97. The van der Waals surface area contributed by atoms with Crippen molar-refractivity contribution in [3.8, 4) is 0 Å². The minimum atomic E-state index is -0.313. The summed E-state index contributed by atoms with van der Waals surface area (Å²) in [6.45, 7) is 0. The fraction of sp³-hybridized carbons (Fsp3) is 0.100. The summed E-state index contributed by atoms with van der Waals surface area (Å²) in [6.07, 6.45) is 4.60. The molecular formula is C10H10ClN5O. The average molecular weight is 252 g/mol. The van der Waals surface area contributed by atoms with Gasteiger partial charge in [0.05, 0.1) is 22.5 Å². The maximum Gasteiger partial charge on any atom is 0.257 e. The molecule has 0 saturated heterocycles. The molecule has 0 aromatic carbocycles. The van der Waals surface area contributed by atoms with Crippen LogP contribution in [-0.2, 0) is 7.05 Å². The SMILES string of the molecule is Cn1cc(NC(=O)c2cnc(N)c(Cl)c2)cn1. The maximum absolute atomic E-state index is 11.8. The molecule has 2 heterocycles. The Morgan fingerprint density at radius 1 is 1.53 bits per heavy atom. The van der Waals surface area contributed by atoms with Crippen LogP contribution in [0.4, 0.5) is 11.5 Å². The molecule has 3 N–H and O–H groups in total. The number of carbonyl (C=O) groups is 1. The summed E-state index contributed by atoms with van der Waals surface area (Å²) in [5.74, 6) is -0.114. The number of hydrogen-bond acceptors (Lipinski definition) is 4. The largest absolute Gasteiger partial charge is 0.382 e. The Morgan fingerprint density at radius 3 is 2.88 bits per heavy atom. The second-order valence-electron chi connectivity index (χ2n) is 3.45. The van der Waals surface area contributed by atoms with E-state index in [-0.39, 0.29) is 16.7 Å². The molecule has 0 spiro atoms. The van der Waals surface area contributed by atoms with Gasteiger partial charge in [0.15, 0.2) is 0 Å². The van der Waals surface area contributed by atoms with Gasteiger partial charge < -0.3 is 11.1 Å². The lowest BCUT2D eigenvalue weighted by Crippen LogP contribution is -2.12.